The summed E-state index contributed by atoms with van der Waals surface area (Å²) in [5, 5.41) is 12.3. The number of benzene rings is 3. The Morgan fingerprint density at radius 2 is 1.67 bits per heavy atom. The summed E-state index contributed by atoms with van der Waals surface area (Å²) >= 11 is 6.43. The number of rotatable bonds is 8. The molecule has 4 aromatic rings. The van der Waals surface area contributed by atoms with E-state index in [1.54, 1.807) is 42.2 Å². The smallest absolute Gasteiger partial charge is 0.255 e. The molecule has 0 aliphatic heterocycles. The number of fused-ring (bicyclic) bond motifs is 1. The molecule has 0 spiro atoms. The largest absolute Gasteiger partial charge is 0.493 e. The number of halogens is 1. The number of aromatic nitrogens is 3. The predicted molar refractivity (Wildman–Crippen MR) is 130 cm³/mol. The highest BCUT2D eigenvalue weighted by Gasteiger charge is 2.15. The highest BCUT2D eigenvalue weighted by Crippen LogP contribution is 2.30. The second-order valence-corrected chi connectivity index (χ2v) is 8.01. The second kappa shape index (κ2) is 9.92. The van der Waals surface area contributed by atoms with Crippen LogP contribution in [0.1, 0.15) is 35.7 Å². The van der Waals surface area contributed by atoms with Crippen molar-refractivity contribution in [2.45, 2.75) is 26.2 Å². The van der Waals surface area contributed by atoms with E-state index in [2.05, 4.69) is 34.6 Å². The minimum atomic E-state index is -0.327. The van der Waals surface area contributed by atoms with Gasteiger partial charge in [-0.2, -0.15) is 4.80 Å². The van der Waals surface area contributed by atoms with Crippen molar-refractivity contribution in [2.75, 3.05) is 19.5 Å². The lowest BCUT2D eigenvalue weighted by molar-refractivity contribution is 0.102. The van der Waals surface area contributed by atoms with Crippen LogP contribution in [0.3, 0.4) is 0 Å². The van der Waals surface area contributed by atoms with E-state index in [-0.39, 0.29) is 5.91 Å². The molecule has 0 unspecified atom stereocenters. The van der Waals surface area contributed by atoms with E-state index < -0.39 is 0 Å². The molecule has 0 saturated heterocycles. The molecule has 7 nitrogen and oxygen atoms in total. The number of nitrogens with one attached hydrogen (secondary N) is 1. The summed E-state index contributed by atoms with van der Waals surface area (Å²) in [5.41, 5.74) is 4.27. The Balaban J connectivity index is 1.57. The van der Waals surface area contributed by atoms with Gasteiger partial charge in [0.1, 0.15) is 11.0 Å². The lowest BCUT2D eigenvalue weighted by Crippen LogP contribution is -2.12. The van der Waals surface area contributed by atoms with E-state index in [4.69, 9.17) is 21.1 Å². The van der Waals surface area contributed by atoms with Crippen LogP contribution in [-0.2, 0) is 6.42 Å². The molecule has 0 aliphatic carbocycles. The van der Waals surface area contributed by atoms with Crippen molar-refractivity contribution < 1.29 is 14.3 Å². The Hall–Kier alpha value is -3.58. The molecule has 0 saturated carbocycles. The molecule has 4 rings (SSSR count). The zero-order chi connectivity index (χ0) is 23.4. The molecule has 8 heteroatoms. The Morgan fingerprint density at radius 1 is 0.970 bits per heavy atom. The Kier molecular flexibility index (Phi) is 6.79. The molecule has 1 N–H and O–H groups in total. The van der Waals surface area contributed by atoms with Crippen LogP contribution in [0.25, 0.3) is 16.7 Å². The van der Waals surface area contributed by atoms with Crippen molar-refractivity contribution in [2.24, 2.45) is 0 Å². The molecular formula is C25H25ClN4O3. The maximum absolute atomic E-state index is 12.8. The summed E-state index contributed by atoms with van der Waals surface area (Å²) in [6.07, 6.45) is 3.39. The highest BCUT2D eigenvalue weighted by atomic mass is 35.5. The van der Waals surface area contributed by atoms with Crippen LogP contribution < -0.4 is 14.8 Å². The van der Waals surface area contributed by atoms with E-state index in [9.17, 15) is 4.79 Å². The minimum absolute atomic E-state index is 0.327. The number of hydrogen-bond donors (Lipinski definition) is 1. The van der Waals surface area contributed by atoms with Gasteiger partial charge in [-0.25, -0.2) is 0 Å². The van der Waals surface area contributed by atoms with Gasteiger partial charge in [-0.3, -0.25) is 4.79 Å². The zero-order valence-corrected chi connectivity index (χ0v) is 19.5. The third-order valence-corrected chi connectivity index (χ3v) is 5.66. The molecular weight excluding hydrogens is 440 g/mol. The number of anilines is 1. The van der Waals surface area contributed by atoms with E-state index >= 15 is 0 Å². The lowest BCUT2D eigenvalue weighted by Gasteiger charge is -2.10. The fourth-order valence-corrected chi connectivity index (χ4v) is 3.70. The van der Waals surface area contributed by atoms with E-state index in [0.29, 0.717) is 38.8 Å². The van der Waals surface area contributed by atoms with E-state index in [1.807, 2.05) is 12.1 Å². The average molecular weight is 465 g/mol. The molecule has 0 radical (unpaired) electrons. The Bertz CT molecular complexity index is 1290. The predicted octanol–water partition coefficient (Wildman–Crippen LogP) is 5.69. The number of nitrogens with zero attached hydrogens (tertiary/aromatic N) is 3. The molecule has 0 fully saturated rings. The van der Waals surface area contributed by atoms with Gasteiger partial charge in [-0.05, 0) is 60.9 Å². The fourth-order valence-electron chi connectivity index (χ4n) is 3.50. The number of carbonyl (C=O) groups excluding carboxylic acids is 1. The van der Waals surface area contributed by atoms with Crippen molar-refractivity contribution in [3.8, 4) is 17.2 Å². The third kappa shape index (κ3) is 4.93. The number of ether oxygens (including phenoxy) is 2. The van der Waals surface area contributed by atoms with Crippen molar-refractivity contribution in [1.29, 1.82) is 0 Å². The molecule has 1 heterocycles. The standard InChI is InChI=1S/C25H25ClN4O3/c1-4-5-6-16-7-10-18(11-8-16)30-28-21-14-19(26)20(15-22(21)29-30)27-25(31)17-9-12-23(32-2)24(13-17)33-3/h7-15H,4-6H2,1-3H3,(H,27,31). The van der Waals surface area contributed by atoms with Gasteiger partial charge in [-0.15, -0.1) is 10.2 Å². The number of hydrogen-bond acceptors (Lipinski definition) is 5. The maximum atomic E-state index is 12.8. The number of aryl methyl sites for hydroxylation is 1. The summed E-state index contributed by atoms with van der Waals surface area (Å²) in [4.78, 5) is 14.4. The SMILES string of the molecule is CCCCc1ccc(-n2nc3cc(Cl)c(NC(=O)c4ccc(OC)c(OC)c4)cc3n2)cc1. The van der Waals surface area contributed by atoms with Crippen molar-refractivity contribution in [3.63, 3.8) is 0 Å². The van der Waals surface area contributed by atoms with Gasteiger partial charge in [0.15, 0.2) is 11.5 Å². The molecule has 3 aromatic carbocycles. The summed E-state index contributed by atoms with van der Waals surface area (Å²) in [6.45, 7) is 2.18. The molecule has 1 aromatic heterocycles. The first-order valence-electron chi connectivity index (χ1n) is 10.7. The van der Waals surface area contributed by atoms with Crippen LogP contribution in [0.2, 0.25) is 5.02 Å². The van der Waals surface area contributed by atoms with Crippen LogP contribution >= 0.6 is 11.6 Å². The van der Waals surface area contributed by atoms with Crippen LogP contribution in [0, 0.1) is 0 Å². The molecule has 0 bridgehead atoms. The summed E-state index contributed by atoms with van der Waals surface area (Å²) in [7, 11) is 3.06. The van der Waals surface area contributed by atoms with Crippen molar-refractivity contribution in [1.82, 2.24) is 15.0 Å². The first-order valence-corrected chi connectivity index (χ1v) is 11.1. The number of methoxy groups -OCH3 is 2. The first-order chi connectivity index (χ1) is 16.0. The molecule has 0 atom stereocenters. The molecule has 0 aliphatic rings. The summed E-state index contributed by atoms with van der Waals surface area (Å²) < 4.78 is 10.5. The molecule has 170 valence electrons. The van der Waals surface area contributed by atoms with Crippen LogP contribution in [0.4, 0.5) is 5.69 Å². The minimum Gasteiger partial charge on any atom is -0.493 e. The number of unbranched alkanes of at least 4 members (excludes halogenated alkanes) is 1. The van der Waals surface area contributed by atoms with Crippen LogP contribution in [0.15, 0.2) is 54.6 Å². The second-order valence-electron chi connectivity index (χ2n) is 7.60. The molecule has 33 heavy (non-hydrogen) atoms. The topological polar surface area (TPSA) is 78.3 Å². The lowest BCUT2D eigenvalue weighted by atomic mass is 10.1. The van der Waals surface area contributed by atoms with Gasteiger partial charge in [0.25, 0.3) is 5.91 Å². The first kappa shape index (κ1) is 22.6. The van der Waals surface area contributed by atoms with Crippen molar-refractivity contribution in [3.05, 3.63) is 70.7 Å². The summed E-state index contributed by atoms with van der Waals surface area (Å²) in [6, 6.07) is 16.6. The van der Waals surface area contributed by atoms with Crippen LogP contribution in [0.5, 0.6) is 11.5 Å². The van der Waals surface area contributed by atoms with E-state index in [1.165, 1.54) is 25.5 Å². The summed E-state index contributed by atoms with van der Waals surface area (Å²) in [5.74, 6) is 0.686. The maximum Gasteiger partial charge on any atom is 0.255 e. The van der Waals surface area contributed by atoms with Gasteiger partial charge in [0.05, 0.1) is 30.6 Å². The third-order valence-electron chi connectivity index (χ3n) is 5.35. The van der Waals surface area contributed by atoms with Gasteiger partial charge in [0, 0.05) is 5.56 Å². The monoisotopic (exact) mass is 464 g/mol. The van der Waals surface area contributed by atoms with Gasteiger partial charge >= 0.3 is 0 Å². The number of amides is 1. The Labute approximate surface area is 197 Å². The van der Waals surface area contributed by atoms with Gasteiger partial charge < -0.3 is 14.8 Å². The quantitative estimate of drug-likeness (QED) is 0.362. The molecule has 1 amide bonds. The van der Waals surface area contributed by atoms with Gasteiger partial charge in [-0.1, -0.05) is 37.1 Å². The van der Waals surface area contributed by atoms with Crippen molar-refractivity contribution >= 4 is 34.2 Å². The highest BCUT2D eigenvalue weighted by molar-refractivity contribution is 6.34. The van der Waals surface area contributed by atoms with E-state index in [0.717, 1.165) is 12.1 Å². The Morgan fingerprint density at radius 3 is 2.33 bits per heavy atom. The van der Waals surface area contributed by atoms with Gasteiger partial charge in [0.2, 0.25) is 0 Å². The fraction of sp³-hybridized carbons (Fsp3) is 0.240. The normalized spacial score (nSPS) is 10.9. The average Bonchev–Trinajstić information content (AvgIpc) is 3.25. The zero-order valence-electron chi connectivity index (χ0n) is 18.8. The number of carbonyl (C=O) groups is 1. The van der Waals surface area contributed by atoms with Crippen LogP contribution in [-0.4, -0.2) is 35.1 Å².